The minimum atomic E-state index is 0.227. The van der Waals surface area contributed by atoms with Crippen LogP contribution in [0.25, 0.3) is 0 Å². The van der Waals surface area contributed by atoms with Crippen molar-refractivity contribution in [2.75, 3.05) is 12.4 Å². The van der Waals surface area contributed by atoms with Crippen LogP contribution in [0.2, 0.25) is 0 Å². The molecular weight excluding hydrogens is 194 g/mol. The quantitative estimate of drug-likeness (QED) is 0.743. The van der Waals surface area contributed by atoms with E-state index in [1.54, 1.807) is 0 Å². The van der Waals surface area contributed by atoms with Gasteiger partial charge in [-0.05, 0) is 36.0 Å². The second kappa shape index (κ2) is 5.20. The van der Waals surface area contributed by atoms with Gasteiger partial charge in [-0.25, -0.2) is 0 Å². The Hall–Kier alpha value is -1.24. The van der Waals surface area contributed by atoms with Crippen LogP contribution in [0.1, 0.15) is 32.8 Å². The van der Waals surface area contributed by atoms with Gasteiger partial charge in [0.05, 0.1) is 0 Å². The van der Waals surface area contributed by atoms with E-state index in [9.17, 15) is 0 Å². The number of benzene rings is 1. The Kier molecular flexibility index (Phi) is 4.17. The normalized spacial score (nSPS) is 11.2. The van der Waals surface area contributed by atoms with E-state index >= 15 is 0 Å². The minimum Gasteiger partial charge on any atom is -0.388 e. The smallest absolute Gasteiger partial charge is 0.0337 e. The summed E-state index contributed by atoms with van der Waals surface area (Å²) in [5.41, 5.74) is 4.10. The van der Waals surface area contributed by atoms with E-state index in [4.69, 9.17) is 0 Å². The van der Waals surface area contributed by atoms with Gasteiger partial charge in [-0.3, -0.25) is 0 Å². The summed E-state index contributed by atoms with van der Waals surface area (Å²) < 4.78 is 0. The summed E-state index contributed by atoms with van der Waals surface area (Å²) in [6.45, 7) is 10.8. The summed E-state index contributed by atoms with van der Waals surface area (Å²) in [5, 5.41) is 3.13. The van der Waals surface area contributed by atoms with E-state index in [0.29, 0.717) is 0 Å². The largest absolute Gasteiger partial charge is 0.388 e. The zero-order valence-corrected chi connectivity index (χ0v) is 10.9. The topological polar surface area (TPSA) is 12.0 Å². The fraction of sp³-hybridized carbons (Fsp3) is 0.467. The Balaban J connectivity index is 2.52. The lowest BCUT2D eigenvalue weighted by molar-refractivity contribution is 0.484. The fourth-order valence-electron chi connectivity index (χ4n) is 1.51. The number of hydrogen-bond donors (Lipinski definition) is 1. The van der Waals surface area contributed by atoms with Gasteiger partial charge in [0.1, 0.15) is 0 Å². The third kappa shape index (κ3) is 3.73. The van der Waals surface area contributed by atoms with Crippen LogP contribution in [0.15, 0.2) is 36.4 Å². The zero-order valence-electron chi connectivity index (χ0n) is 10.9. The highest BCUT2D eigenvalue weighted by atomic mass is 14.8. The van der Waals surface area contributed by atoms with Crippen molar-refractivity contribution in [1.29, 1.82) is 0 Å². The highest BCUT2D eigenvalue weighted by molar-refractivity contribution is 5.43. The van der Waals surface area contributed by atoms with E-state index in [1.165, 1.54) is 16.8 Å². The van der Waals surface area contributed by atoms with Crippen molar-refractivity contribution >= 4 is 5.69 Å². The highest BCUT2D eigenvalue weighted by Crippen LogP contribution is 2.27. The van der Waals surface area contributed by atoms with Gasteiger partial charge in [0, 0.05) is 12.7 Å². The molecular formula is C15H23N. The zero-order chi connectivity index (χ0) is 12.2. The standard InChI is InChI=1S/C15H23N/c1-12(15(2,3)4)6-7-13-8-10-14(16-5)11-9-13/h8-11,16H,1,6-7H2,2-5H3. The van der Waals surface area contributed by atoms with E-state index in [2.05, 4.69) is 56.9 Å². The van der Waals surface area contributed by atoms with Crippen molar-refractivity contribution in [2.24, 2.45) is 5.41 Å². The molecule has 0 aliphatic rings. The maximum absolute atomic E-state index is 4.16. The average molecular weight is 217 g/mol. The molecule has 0 aromatic heterocycles. The van der Waals surface area contributed by atoms with Crippen molar-refractivity contribution < 1.29 is 0 Å². The molecule has 1 rings (SSSR count). The third-order valence-corrected chi connectivity index (χ3v) is 3.02. The van der Waals surface area contributed by atoms with Crippen LogP contribution in [-0.4, -0.2) is 7.05 Å². The molecule has 0 bridgehead atoms. The van der Waals surface area contributed by atoms with Crippen LogP contribution in [0.3, 0.4) is 0 Å². The molecule has 1 heteroatoms. The number of nitrogens with one attached hydrogen (secondary N) is 1. The second-order valence-corrected chi connectivity index (χ2v) is 5.30. The molecule has 0 heterocycles. The molecule has 16 heavy (non-hydrogen) atoms. The van der Waals surface area contributed by atoms with E-state index in [-0.39, 0.29) is 5.41 Å². The first-order valence-corrected chi connectivity index (χ1v) is 5.88. The molecule has 88 valence electrons. The van der Waals surface area contributed by atoms with Crippen molar-refractivity contribution in [1.82, 2.24) is 0 Å². The number of anilines is 1. The predicted octanol–water partition coefficient (Wildman–Crippen LogP) is 4.26. The molecule has 1 aromatic rings. The Morgan fingerprint density at radius 1 is 1.19 bits per heavy atom. The lowest BCUT2D eigenvalue weighted by atomic mass is 9.84. The molecule has 0 fully saturated rings. The summed E-state index contributed by atoms with van der Waals surface area (Å²) in [6.07, 6.45) is 2.16. The summed E-state index contributed by atoms with van der Waals surface area (Å²) in [4.78, 5) is 0. The first-order valence-electron chi connectivity index (χ1n) is 5.88. The van der Waals surface area contributed by atoms with Gasteiger partial charge in [-0.1, -0.05) is 45.1 Å². The van der Waals surface area contributed by atoms with Gasteiger partial charge in [-0.2, -0.15) is 0 Å². The van der Waals surface area contributed by atoms with Gasteiger partial charge >= 0.3 is 0 Å². The molecule has 0 aliphatic heterocycles. The Morgan fingerprint density at radius 2 is 1.75 bits per heavy atom. The molecule has 0 saturated heterocycles. The molecule has 0 atom stereocenters. The number of aryl methyl sites for hydroxylation is 1. The van der Waals surface area contributed by atoms with Crippen molar-refractivity contribution in [2.45, 2.75) is 33.6 Å². The first-order chi connectivity index (χ1) is 7.43. The number of hydrogen-bond acceptors (Lipinski definition) is 1. The Labute approximate surface area is 99.6 Å². The average Bonchev–Trinajstić information content (AvgIpc) is 2.25. The van der Waals surface area contributed by atoms with Crippen molar-refractivity contribution in [3.63, 3.8) is 0 Å². The SMILES string of the molecule is C=C(CCc1ccc(NC)cc1)C(C)(C)C. The number of allylic oxidation sites excluding steroid dienone is 1. The minimum absolute atomic E-state index is 0.227. The van der Waals surface area contributed by atoms with E-state index in [1.807, 2.05) is 7.05 Å². The van der Waals surface area contributed by atoms with Crippen LogP contribution in [0, 0.1) is 5.41 Å². The molecule has 1 aromatic carbocycles. The lowest BCUT2D eigenvalue weighted by Crippen LogP contribution is -2.09. The highest BCUT2D eigenvalue weighted by Gasteiger charge is 2.14. The summed E-state index contributed by atoms with van der Waals surface area (Å²) in [6, 6.07) is 8.61. The van der Waals surface area contributed by atoms with Crippen molar-refractivity contribution in [3.05, 3.63) is 42.0 Å². The van der Waals surface area contributed by atoms with E-state index < -0.39 is 0 Å². The van der Waals surface area contributed by atoms with Gasteiger partial charge in [0.25, 0.3) is 0 Å². The lowest BCUT2D eigenvalue weighted by Gasteiger charge is -2.21. The van der Waals surface area contributed by atoms with Crippen LogP contribution in [0.5, 0.6) is 0 Å². The van der Waals surface area contributed by atoms with Crippen LogP contribution < -0.4 is 5.32 Å². The van der Waals surface area contributed by atoms with Crippen LogP contribution in [-0.2, 0) is 6.42 Å². The van der Waals surface area contributed by atoms with Gasteiger partial charge in [-0.15, -0.1) is 0 Å². The summed E-state index contributed by atoms with van der Waals surface area (Å²) >= 11 is 0. The summed E-state index contributed by atoms with van der Waals surface area (Å²) in [5.74, 6) is 0. The van der Waals surface area contributed by atoms with Gasteiger partial charge < -0.3 is 5.32 Å². The molecule has 0 amide bonds. The van der Waals surface area contributed by atoms with Crippen LogP contribution >= 0.6 is 0 Å². The second-order valence-electron chi connectivity index (χ2n) is 5.30. The third-order valence-electron chi connectivity index (χ3n) is 3.02. The maximum atomic E-state index is 4.16. The number of rotatable bonds is 4. The Bertz CT molecular complexity index is 341. The first kappa shape index (κ1) is 12.8. The Morgan fingerprint density at radius 3 is 2.19 bits per heavy atom. The monoisotopic (exact) mass is 217 g/mol. The molecule has 0 spiro atoms. The molecule has 1 nitrogen and oxygen atoms in total. The molecule has 0 unspecified atom stereocenters. The van der Waals surface area contributed by atoms with Crippen molar-refractivity contribution in [3.8, 4) is 0 Å². The molecule has 0 aliphatic carbocycles. The molecule has 1 N–H and O–H groups in total. The predicted molar refractivity (Wildman–Crippen MR) is 72.9 cm³/mol. The van der Waals surface area contributed by atoms with Crippen LogP contribution in [0.4, 0.5) is 5.69 Å². The molecule has 0 saturated carbocycles. The van der Waals surface area contributed by atoms with Gasteiger partial charge in [0.15, 0.2) is 0 Å². The fourth-order valence-corrected chi connectivity index (χ4v) is 1.51. The molecule has 0 radical (unpaired) electrons. The summed E-state index contributed by atoms with van der Waals surface area (Å²) in [7, 11) is 1.94. The maximum Gasteiger partial charge on any atom is 0.0337 e. The van der Waals surface area contributed by atoms with E-state index in [0.717, 1.165) is 12.8 Å². The van der Waals surface area contributed by atoms with Gasteiger partial charge in [0.2, 0.25) is 0 Å².